The summed E-state index contributed by atoms with van der Waals surface area (Å²) >= 11 is 0. The van der Waals surface area contributed by atoms with Crippen LogP contribution in [-0.2, 0) is 14.4 Å². The summed E-state index contributed by atoms with van der Waals surface area (Å²) in [6, 6.07) is -0.821. The fourth-order valence-corrected chi connectivity index (χ4v) is 5.38. The van der Waals surface area contributed by atoms with Gasteiger partial charge in [0.15, 0.2) is 0 Å². The van der Waals surface area contributed by atoms with Crippen LogP contribution in [0.25, 0.3) is 0 Å². The first-order chi connectivity index (χ1) is 15.3. The van der Waals surface area contributed by atoms with Crippen LogP contribution in [-0.4, -0.2) is 66.6 Å². The molecule has 33 heavy (non-hydrogen) atoms. The van der Waals surface area contributed by atoms with Gasteiger partial charge in [-0.1, -0.05) is 27.7 Å². The van der Waals surface area contributed by atoms with Crippen molar-refractivity contribution < 1.29 is 27.6 Å². The van der Waals surface area contributed by atoms with Gasteiger partial charge in [-0.15, -0.1) is 0 Å². The highest BCUT2D eigenvalue weighted by Crippen LogP contribution is 2.65. The molecule has 0 radical (unpaired) electrons. The van der Waals surface area contributed by atoms with Crippen molar-refractivity contribution in [3.05, 3.63) is 0 Å². The van der Waals surface area contributed by atoms with E-state index >= 15 is 0 Å². The van der Waals surface area contributed by atoms with E-state index in [9.17, 15) is 32.8 Å². The number of fused-ring (bicyclic) bond motifs is 1. The average molecular weight is 472 g/mol. The zero-order valence-corrected chi connectivity index (χ0v) is 19.3. The van der Waals surface area contributed by atoms with Gasteiger partial charge in [-0.25, -0.2) is 0 Å². The van der Waals surface area contributed by atoms with Crippen LogP contribution in [0.4, 0.5) is 13.2 Å². The SMILES string of the molecule is CC(C)[C@H](NCC(F)(F)F)C(=O)N1C[C@H]2[C@@H]([C@H]1C(=O)N[C@H](C#N)C[C@@H]1CCNC1=O)C2(C)C. The minimum absolute atomic E-state index is 0.0637. The number of nitrogens with one attached hydrogen (secondary N) is 3. The number of piperidine rings is 1. The fourth-order valence-electron chi connectivity index (χ4n) is 5.38. The minimum Gasteiger partial charge on any atom is -0.356 e. The number of carbonyl (C=O) groups is 3. The van der Waals surface area contributed by atoms with E-state index in [1.54, 1.807) is 13.8 Å². The lowest BCUT2D eigenvalue weighted by molar-refractivity contribution is -0.146. The molecule has 3 amide bonds. The monoisotopic (exact) mass is 471 g/mol. The van der Waals surface area contributed by atoms with Crippen molar-refractivity contribution in [1.82, 2.24) is 20.9 Å². The zero-order chi connectivity index (χ0) is 24.7. The standard InChI is InChI=1S/C22H32F3N5O3/c1-11(2)16(28-10-22(23,24)25)20(33)30-9-14-15(21(14,3)4)17(30)19(32)29-13(8-26)7-12-5-6-27-18(12)31/h11-17,28H,5-7,9-10H2,1-4H3,(H,27,31)(H,29,32)/t12-,13-,14-,15-,16-,17-/m0/s1. The van der Waals surface area contributed by atoms with Crippen molar-refractivity contribution in [2.75, 3.05) is 19.6 Å². The molecule has 6 atom stereocenters. The summed E-state index contributed by atoms with van der Waals surface area (Å²) in [5, 5.41) is 17.2. The molecule has 0 unspecified atom stereocenters. The van der Waals surface area contributed by atoms with E-state index in [2.05, 4.69) is 16.0 Å². The van der Waals surface area contributed by atoms with Crippen molar-refractivity contribution in [2.45, 2.75) is 64.8 Å². The molecular weight excluding hydrogens is 439 g/mol. The Bertz CT molecular complexity index is 838. The maximum absolute atomic E-state index is 13.3. The predicted octanol–water partition coefficient (Wildman–Crippen LogP) is 1.18. The van der Waals surface area contributed by atoms with Gasteiger partial charge in [0.1, 0.15) is 12.1 Å². The second-order valence-corrected chi connectivity index (χ2v) is 10.3. The van der Waals surface area contributed by atoms with E-state index in [4.69, 9.17) is 0 Å². The molecule has 8 nitrogen and oxygen atoms in total. The van der Waals surface area contributed by atoms with Crippen LogP contribution < -0.4 is 16.0 Å². The lowest BCUT2D eigenvalue weighted by Crippen LogP contribution is -2.58. The van der Waals surface area contributed by atoms with Crippen molar-refractivity contribution in [3.8, 4) is 6.07 Å². The second-order valence-electron chi connectivity index (χ2n) is 10.3. The van der Waals surface area contributed by atoms with Gasteiger partial charge < -0.3 is 15.5 Å². The van der Waals surface area contributed by atoms with Gasteiger partial charge in [-0.2, -0.15) is 18.4 Å². The molecule has 2 saturated heterocycles. The van der Waals surface area contributed by atoms with Crippen LogP contribution in [0.1, 0.15) is 40.5 Å². The number of nitrogens with zero attached hydrogens (tertiary/aromatic N) is 2. The van der Waals surface area contributed by atoms with E-state index in [0.29, 0.717) is 13.0 Å². The van der Waals surface area contributed by atoms with Gasteiger partial charge in [0.2, 0.25) is 17.7 Å². The summed E-state index contributed by atoms with van der Waals surface area (Å²) in [6.07, 6.45) is -3.71. The Labute approximate surface area is 191 Å². The van der Waals surface area contributed by atoms with E-state index in [0.717, 1.165) is 0 Å². The third kappa shape index (κ3) is 5.26. The van der Waals surface area contributed by atoms with Crippen LogP contribution in [0.5, 0.6) is 0 Å². The van der Waals surface area contributed by atoms with Crippen LogP contribution in [0, 0.1) is 40.4 Å². The molecule has 0 spiro atoms. The molecular formula is C22H32F3N5O3. The van der Waals surface area contributed by atoms with Crippen molar-refractivity contribution in [3.63, 3.8) is 0 Å². The summed E-state index contributed by atoms with van der Waals surface area (Å²) in [7, 11) is 0. The van der Waals surface area contributed by atoms with Gasteiger partial charge in [0, 0.05) is 19.0 Å². The number of likely N-dealkylation sites (tertiary alicyclic amines) is 1. The summed E-state index contributed by atoms with van der Waals surface area (Å²) in [4.78, 5) is 39.8. The molecule has 3 aliphatic rings. The zero-order valence-electron chi connectivity index (χ0n) is 19.3. The lowest BCUT2D eigenvalue weighted by Gasteiger charge is -2.34. The number of carbonyl (C=O) groups excluding carboxylic acids is 3. The normalized spacial score (nSPS) is 29.8. The Kier molecular flexibility index (Phi) is 6.99. The first-order valence-electron chi connectivity index (χ1n) is 11.4. The number of hydrogen-bond donors (Lipinski definition) is 3. The molecule has 3 N–H and O–H groups in total. The highest BCUT2D eigenvalue weighted by Gasteiger charge is 2.69. The number of rotatable bonds is 8. The maximum atomic E-state index is 13.3. The summed E-state index contributed by atoms with van der Waals surface area (Å²) in [5.41, 5.74) is -0.182. The van der Waals surface area contributed by atoms with Crippen molar-refractivity contribution >= 4 is 17.7 Å². The number of halogens is 3. The molecule has 3 fully saturated rings. The second kappa shape index (κ2) is 9.12. The lowest BCUT2D eigenvalue weighted by atomic mass is 9.96. The van der Waals surface area contributed by atoms with Gasteiger partial charge in [0.25, 0.3) is 0 Å². The highest BCUT2D eigenvalue weighted by molar-refractivity contribution is 5.92. The molecule has 2 aliphatic heterocycles. The van der Waals surface area contributed by atoms with Crippen molar-refractivity contribution in [1.29, 1.82) is 5.26 Å². The summed E-state index contributed by atoms with van der Waals surface area (Å²) < 4.78 is 38.3. The Morgan fingerprint density at radius 3 is 2.52 bits per heavy atom. The van der Waals surface area contributed by atoms with Crippen LogP contribution in [0.2, 0.25) is 0 Å². The Morgan fingerprint density at radius 1 is 1.33 bits per heavy atom. The Morgan fingerprint density at radius 2 is 2.00 bits per heavy atom. The molecule has 1 saturated carbocycles. The number of nitriles is 1. The summed E-state index contributed by atoms with van der Waals surface area (Å²) in [5.74, 6) is -2.04. The number of hydrogen-bond acceptors (Lipinski definition) is 5. The fraction of sp³-hybridized carbons (Fsp3) is 0.818. The quantitative estimate of drug-likeness (QED) is 0.492. The molecule has 0 bridgehead atoms. The topological polar surface area (TPSA) is 114 Å². The van der Waals surface area contributed by atoms with E-state index in [1.807, 2.05) is 19.9 Å². The smallest absolute Gasteiger partial charge is 0.356 e. The summed E-state index contributed by atoms with van der Waals surface area (Å²) in [6.45, 7) is 6.81. The van der Waals surface area contributed by atoms with Crippen LogP contribution in [0.3, 0.4) is 0 Å². The largest absolute Gasteiger partial charge is 0.401 e. The molecule has 0 aromatic rings. The Hall–Kier alpha value is -2.35. The van der Waals surface area contributed by atoms with E-state index < -0.39 is 48.6 Å². The van der Waals surface area contributed by atoms with E-state index in [1.165, 1.54) is 4.90 Å². The third-order valence-corrected chi connectivity index (χ3v) is 7.37. The minimum atomic E-state index is -4.47. The number of alkyl halides is 3. The molecule has 2 heterocycles. The first kappa shape index (κ1) is 25.3. The molecule has 0 aromatic heterocycles. The van der Waals surface area contributed by atoms with Crippen LogP contribution >= 0.6 is 0 Å². The molecule has 1 aliphatic carbocycles. The van der Waals surface area contributed by atoms with Gasteiger partial charge in [-0.05, 0) is 36.0 Å². The van der Waals surface area contributed by atoms with Crippen molar-refractivity contribution in [2.24, 2.45) is 29.1 Å². The molecule has 0 aromatic carbocycles. The maximum Gasteiger partial charge on any atom is 0.401 e. The van der Waals surface area contributed by atoms with Gasteiger partial charge in [-0.3, -0.25) is 19.7 Å². The highest BCUT2D eigenvalue weighted by atomic mass is 19.4. The average Bonchev–Trinajstić information content (AvgIpc) is 3.08. The molecule has 184 valence electrons. The number of amides is 3. The molecule has 11 heteroatoms. The van der Waals surface area contributed by atoms with Gasteiger partial charge in [0.05, 0.1) is 18.7 Å². The van der Waals surface area contributed by atoms with Gasteiger partial charge >= 0.3 is 6.18 Å². The first-order valence-corrected chi connectivity index (χ1v) is 11.4. The molecule has 3 rings (SSSR count). The van der Waals surface area contributed by atoms with E-state index in [-0.39, 0.29) is 42.0 Å². The Balaban J connectivity index is 1.74. The third-order valence-electron chi connectivity index (χ3n) is 7.37. The van der Waals surface area contributed by atoms with Crippen LogP contribution in [0.15, 0.2) is 0 Å². The predicted molar refractivity (Wildman–Crippen MR) is 112 cm³/mol.